The third kappa shape index (κ3) is 5.67. The fraction of sp³-hybridized carbons (Fsp3) is 0. The molecule has 0 unspecified atom stereocenters. The molecule has 0 N–H and O–H groups in total. The van der Waals surface area contributed by atoms with Crippen molar-refractivity contribution >= 4 is 54.6 Å². The van der Waals surface area contributed by atoms with Crippen molar-refractivity contribution in [2.45, 2.75) is 0 Å². The summed E-state index contributed by atoms with van der Waals surface area (Å²) in [6.45, 7) is 0. The molecule has 0 radical (unpaired) electrons. The van der Waals surface area contributed by atoms with Crippen molar-refractivity contribution in [2.24, 2.45) is 0 Å². The number of fused-ring (bicyclic) bond motifs is 8. The SMILES string of the molecule is [2H]c1c([2H])c([2H])c2c(oc3c4c([2H])c([2H])c([2H])c([2H])c4c([2H])c([2H])c32)c1-c1cccc(-c2nc(-c3cccc(-c4ccccc4)c3)nc(-c3ccc4c(c3)oc3cccc(-c5ccccc5)c34)n2)c1. The molecule has 3 heterocycles. The average Bonchev–Trinajstić information content (AvgIpc) is 3.97. The number of furan rings is 2. The normalized spacial score (nSPS) is 13.8. The van der Waals surface area contributed by atoms with Gasteiger partial charge in [-0.3, -0.25) is 0 Å². The van der Waals surface area contributed by atoms with Gasteiger partial charge in [0.2, 0.25) is 0 Å². The van der Waals surface area contributed by atoms with Crippen molar-refractivity contribution in [1.82, 2.24) is 15.0 Å². The van der Waals surface area contributed by atoms with Gasteiger partial charge in [0.05, 0.1) is 12.3 Å². The molecule has 9 aromatic carbocycles. The van der Waals surface area contributed by atoms with Crippen molar-refractivity contribution in [3.05, 3.63) is 200 Å². The molecule has 0 spiro atoms. The summed E-state index contributed by atoms with van der Waals surface area (Å²) in [7, 11) is 0. The monoisotopic (exact) mass is 776 g/mol. The number of aromatic nitrogens is 3. The van der Waals surface area contributed by atoms with E-state index < -0.39 is 48.3 Å². The van der Waals surface area contributed by atoms with E-state index in [1.54, 1.807) is 18.2 Å². The van der Waals surface area contributed by atoms with Gasteiger partial charge >= 0.3 is 0 Å². The molecule has 60 heavy (non-hydrogen) atoms. The van der Waals surface area contributed by atoms with Crippen LogP contribution in [0.2, 0.25) is 0 Å². The highest BCUT2D eigenvalue weighted by Gasteiger charge is 2.19. The number of benzene rings is 9. The van der Waals surface area contributed by atoms with Gasteiger partial charge in [-0.1, -0.05) is 164 Å². The molecule has 0 fully saturated rings. The van der Waals surface area contributed by atoms with Crippen LogP contribution in [0.15, 0.2) is 209 Å². The van der Waals surface area contributed by atoms with Gasteiger partial charge in [0.25, 0.3) is 0 Å². The summed E-state index contributed by atoms with van der Waals surface area (Å²) in [5.41, 5.74) is 7.78. The minimum atomic E-state index is -0.558. The Hall–Kier alpha value is -8.15. The van der Waals surface area contributed by atoms with Gasteiger partial charge in [-0.25, -0.2) is 15.0 Å². The molecule has 0 bridgehead atoms. The highest BCUT2D eigenvalue weighted by molar-refractivity contribution is 6.17. The summed E-state index contributed by atoms with van der Waals surface area (Å²) in [6.07, 6.45) is 0. The van der Waals surface area contributed by atoms with Crippen LogP contribution < -0.4 is 0 Å². The van der Waals surface area contributed by atoms with Crippen LogP contribution in [0.5, 0.6) is 0 Å². The molecule has 5 nitrogen and oxygen atoms in total. The molecule has 5 heteroatoms. The summed E-state index contributed by atoms with van der Waals surface area (Å²) >= 11 is 0. The summed E-state index contributed by atoms with van der Waals surface area (Å²) in [5.74, 6) is 1.06. The van der Waals surface area contributed by atoms with E-state index in [2.05, 4.69) is 18.2 Å². The van der Waals surface area contributed by atoms with Crippen LogP contribution in [0.1, 0.15) is 12.3 Å². The summed E-state index contributed by atoms with van der Waals surface area (Å²) in [4.78, 5) is 15.2. The Labute approximate surface area is 357 Å². The maximum Gasteiger partial charge on any atom is 0.164 e. The van der Waals surface area contributed by atoms with Gasteiger partial charge in [0, 0.05) is 49.2 Å². The van der Waals surface area contributed by atoms with E-state index in [9.17, 15) is 1.37 Å². The maximum absolute atomic E-state index is 9.23. The Bertz CT molecular complexity index is 4140. The Morgan fingerprint density at radius 1 is 0.350 bits per heavy atom. The molecule has 12 aromatic rings. The number of nitrogens with zero attached hydrogens (tertiary/aromatic N) is 3. The molecule has 280 valence electrons. The van der Waals surface area contributed by atoms with Gasteiger partial charge in [0.1, 0.15) is 22.3 Å². The lowest BCUT2D eigenvalue weighted by Crippen LogP contribution is -2.00. The minimum Gasteiger partial charge on any atom is -0.456 e. The van der Waals surface area contributed by atoms with E-state index in [4.69, 9.17) is 34.8 Å². The topological polar surface area (TPSA) is 65.0 Å². The predicted octanol–water partition coefficient (Wildman–Crippen LogP) is 14.8. The van der Waals surface area contributed by atoms with E-state index in [1.807, 2.05) is 109 Å². The van der Waals surface area contributed by atoms with Gasteiger partial charge < -0.3 is 8.83 Å². The molecule has 0 atom stereocenters. The quantitative estimate of drug-likeness (QED) is 0.168. The first-order chi connectivity index (χ1) is 33.5. The van der Waals surface area contributed by atoms with Crippen molar-refractivity contribution in [2.75, 3.05) is 0 Å². The van der Waals surface area contributed by atoms with Crippen LogP contribution in [-0.4, -0.2) is 15.0 Å². The van der Waals surface area contributed by atoms with Crippen molar-refractivity contribution in [3.8, 4) is 67.5 Å². The smallest absolute Gasteiger partial charge is 0.164 e. The lowest BCUT2D eigenvalue weighted by molar-refractivity contribution is 0.669. The maximum atomic E-state index is 9.23. The first kappa shape index (κ1) is 26.0. The lowest BCUT2D eigenvalue weighted by Gasteiger charge is -2.11. The first-order valence-electron chi connectivity index (χ1n) is 23.9. The second kappa shape index (κ2) is 13.8. The molecule has 0 aliphatic rings. The summed E-state index contributed by atoms with van der Waals surface area (Å²) in [6, 6.07) is 42.9. The Balaban J connectivity index is 1.06. The molecular formula is C55H33N3O2. The van der Waals surface area contributed by atoms with Crippen LogP contribution in [0.4, 0.5) is 0 Å². The number of para-hydroxylation sites is 1. The lowest BCUT2D eigenvalue weighted by atomic mass is 9.99. The van der Waals surface area contributed by atoms with Crippen LogP contribution in [-0.2, 0) is 0 Å². The average molecular weight is 777 g/mol. The van der Waals surface area contributed by atoms with E-state index in [1.165, 1.54) is 0 Å². The van der Waals surface area contributed by atoms with Gasteiger partial charge in [-0.15, -0.1) is 0 Å². The molecule has 12 rings (SSSR count). The van der Waals surface area contributed by atoms with Gasteiger partial charge in [0.15, 0.2) is 17.5 Å². The van der Waals surface area contributed by atoms with Crippen LogP contribution in [0.3, 0.4) is 0 Å². The van der Waals surface area contributed by atoms with E-state index >= 15 is 0 Å². The van der Waals surface area contributed by atoms with Gasteiger partial charge in [-0.2, -0.15) is 0 Å². The molecule has 0 aliphatic heterocycles. The molecule has 0 aliphatic carbocycles. The Kier molecular flexibility index (Phi) is 5.95. The predicted molar refractivity (Wildman–Crippen MR) is 245 cm³/mol. The second-order valence-corrected chi connectivity index (χ2v) is 14.5. The zero-order chi connectivity index (χ0) is 47.4. The molecule has 0 saturated heterocycles. The summed E-state index contributed by atoms with van der Waals surface area (Å²) in [5, 5.41) is 1.55. The highest BCUT2D eigenvalue weighted by Crippen LogP contribution is 2.41. The molecule has 3 aromatic heterocycles. The van der Waals surface area contributed by atoms with Crippen molar-refractivity contribution < 1.29 is 21.2 Å². The zero-order valence-corrected chi connectivity index (χ0v) is 31.5. The standard InChI is InChI=1S/C55H33N3O2/c1-3-13-34(14-4-1)37-18-9-20-39(31-37)53-56-54(58-55(57-53)41-28-30-47-49(33-41)59-48-26-12-23-42(50(47)48)35-15-5-2-6-16-35)40-21-10-19-38(32-40)44-24-11-25-45-46-29-27-36-17-7-8-22-43(36)51(46)60-52(44)45/h1-33H/i7D,8D,11D,17D,22D,24D,25D,27D,29D. The third-order valence-corrected chi connectivity index (χ3v) is 10.9. The van der Waals surface area contributed by atoms with E-state index in [0.29, 0.717) is 39.7 Å². The van der Waals surface area contributed by atoms with Crippen LogP contribution >= 0.6 is 0 Å². The van der Waals surface area contributed by atoms with Crippen molar-refractivity contribution in [3.63, 3.8) is 0 Å². The fourth-order valence-corrected chi connectivity index (χ4v) is 8.01. The molecular weight excluding hydrogens is 735 g/mol. The highest BCUT2D eigenvalue weighted by atomic mass is 16.3. The molecule has 0 saturated carbocycles. The van der Waals surface area contributed by atoms with Crippen LogP contribution in [0.25, 0.3) is 122 Å². The van der Waals surface area contributed by atoms with E-state index in [-0.39, 0.29) is 44.3 Å². The van der Waals surface area contributed by atoms with Gasteiger partial charge in [-0.05, 0) is 69.6 Å². The Morgan fingerprint density at radius 2 is 0.967 bits per heavy atom. The largest absolute Gasteiger partial charge is 0.456 e. The fourth-order valence-electron chi connectivity index (χ4n) is 8.01. The Morgan fingerprint density at radius 3 is 1.75 bits per heavy atom. The number of rotatable bonds is 6. The number of hydrogen-bond acceptors (Lipinski definition) is 5. The third-order valence-electron chi connectivity index (χ3n) is 10.9. The number of hydrogen-bond donors (Lipinski definition) is 0. The minimum absolute atomic E-state index is 0.0147. The zero-order valence-electron chi connectivity index (χ0n) is 40.5. The first-order valence-corrected chi connectivity index (χ1v) is 19.4. The molecule has 0 amide bonds. The second-order valence-electron chi connectivity index (χ2n) is 14.5. The van der Waals surface area contributed by atoms with Crippen molar-refractivity contribution in [1.29, 1.82) is 0 Å². The van der Waals surface area contributed by atoms with E-state index in [0.717, 1.165) is 44.2 Å². The van der Waals surface area contributed by atoms with Crippen LogP contribution in [0, 0.1) is 0 Å². The summed E-state index contributed by atoms with van der Waals surface area (Å²) < 4.78 is 92.2.